The highest BCUT2D eigenvalue weighted by Gasteiger charge is 2.30. The summed E-state index contributed by atoms with van der Waals surface area (Å²) >= 11 is 0. The molecule has 0 saturated heterocycles. The van der Waals surface area contributed by atoms with Gasteiger partial charge in [0.1, 0.15) is 0 Å². The third kappa shape index (κ3) is 9.93. The van der Waals surface area contributed by atoms with Crippen LogP contribution in [-0.2, 0) is 22.3 Å². The van der Waals surface area contributed by atoms with Crippen LogP contribution in [0.15, 0.2) is 29.3 Å². The highest BCUT2D eigenvalue weighted by atomic mass is 127. The molecule has 0 heterocycles. The van der Waals surface area contributed by atoms with Crippen molar-refractivity contribution >= 4 is 35.8 Å². The maximum Gasteiger partial charge on any atom is 0.416 e. The second-order valence-corrected chi connectivity index (χ2v) is 8.31. The van der Waals surface area contributed by atoms with Crippen LogP contribution in [0, 0.1) is 0 Å². The van der Waals surface area contributed by atoms with Gasteiger partial charge in [-0.3, -0.25) is 4.79 Å². The molecular formula is C22H34F3IN4O2. The van der Waals surface area contributed by atoms with Gasteiger partial charge in [-0.05, 0) is 57.2 Å². The van der Waals surface area contributed by atoms with Gasteiger partial charge in [-0.15, -0.1) is 24.0 Å². The summed E-state index contributed by atoms with van der Waals surface area (Å²) in [6.45, 7) is 4.16. The molecule has 1 amide bonds. The summed E-state index contributed by atoms with van der Waals surface area (Å²) in [6, 6.07) is 5.28. The van der Waals surface area contributed by atoms with Gasteiger partial charge in [0.05, 0.1) is 30.9 Å². The first-order chi connectivity index (χ1) is 14.5. The molecule has 0 atom stereocenters. The zero-order chi connectivity index (χ0) is 23.0. The summed E-state index contributed by atoms with van der Waals surface area (Å²) < 4.78 is 44.8. The molecule has 0 radical (unpaired) electrons. The van der Waals surface area contributed by atoms with Crippen LogP contribution in [0.3, 0.4) is 0 Å². The van der Waals surface area contributed by atoms with Crippen LogP contribution in [0.5, 0.6) is 0 Å². The molecule has 0 aliphatic heterocycles. The van der Waals surface area contributed by atoms with Gasteiger partial charge < -0.3 is 20.3 Å². The quantitative estimate of drug-likeness (QED) is 0.294. The third-order valence-electron chi connectivity index (χ3n) is 5.06. The molecule has 1 fully saturated rings. The molecule has 1 aromatic rings. The summed E-state index contributed by atoms with van der Waals surface area (Å²) in [4.78, 5) is 17.9. The molecule has 182 valence electrons. The predicted molar refractivity (Wildman–Crippen MR) is 130 cm³/mol. The van der Waals surface area contributed by atoms with Crippen LogP contribution in [0.25, 0.3) is 0 Å². The minimum atomic E-state index is -4.39. The highest BCUT2D eigenvalue weighted by molar-refractivity contribution is 14.0. The number of hydrogen-bond donors (Lipinski definition) is 2. The number of nitrogens with one attached hydrogen (secondary N) is 2. The Morgan fingerprint density at radius 3 is 2.44 bits per heavy atom. The van der Waals surface area contributed by atoms with Crippen molar-refractivity contribution in [2.75, 3.05) is 20.6 Å². The lowest BCUT2D eigenvalue weighted by Gasteiger charge is -2.31. The molecule has 2 N–H and O–H groups in total. The molecule has 0 spiro atoms. The molecule has 10 heteroatoms. The summed E-state index contributed by atoms with van der Waals surface area (Å²) in [5.41, 5.74) is -0.252. The molecule has 1 aliphatic carbocycles. The topological polar surface area (TPSA) is 66.0 Å². The summed E-state index contributed by atoms with van der Waals surface area (Å²) in [7, 11) is 3.32. The summed E-state index contributed by atoms with van der Waals surface area (Å²) in [6.07, 6.45) is -0.328. The highest BCUT2D eigenvalue weighted by Crippen LogP contribution is 2.29. The Labute approximate surface area is 205 Å². The maximum absolute atomic E-state index is 13.0. The Bertz CT molecular complexity index is 749. The lowest BCUT2D eigenvalue weighted by Crippen LogP contribution is -2.48. The van der Waals surface area contributed by atoms with Crippen LogP contribution in [0.4, 0.5) is 13.2 Å². The number of carbonyl (C=O) groups excluding carboxylic acids is 1. The van der Waals surface area contributed by atoms with E-state index >= 15 is 0 Å². The largest absolute Gasteiger partial charge is 0.416 e. The Hall–Kier alpha value is -1.56. The lowest BCUT2D eigenvalue weighted by atomic mass is 9.93. The molecule has 6 nitrogen and oxygen atoms in total. The minimum Gasteiger partial charge on any atom is -0.376 e. The number of rotatable bonds is 7. The third-order valence-corrected chi connectivity index (χ3v) is 5.06. The van der Waals surface area contributed by atoms with Crippen LogP contribution in [0.1, 0.15) is 50.7 Å². The van der Waals surface area contributed by atoms with E-state index in [4.69, 9.17) is 4.74 Å². The monoisotopic (exact) mass is 570 g/mol. The minimum absolute atomic E-state index is 0. The number of nitrogens with zero attached hydrogens (tertiary/aromatic N) is 2. The van der Waals surface area contributed by atoms with Gasteiger partial charge in [-0.1, -0.05) is 12.1 Å². The number of hydrogen-bond acceptors (Lipinski definition) is 3. The molecular weight excluding hydrogens is 536 g/mol. The normalized spacial score (nSPS) is 19.3. The number of carbonyl (C=O) groups is 1. The maximum atomic E-state index is 13.0. The fraction of sp³-hybridized carbons (Fsp3) is 0.636. The molecule has 0 aromatic heterocycles. The average Bonchev–Trinajstić information content (AvgIpc) is 2.70. The van der Waals surface area contributed by atoms with Crippen molar-refractivity contribution < 1.29 is 22.7 Å². The van der Waals surface area contributed by atoms with Crippen LogP contribution in [0.2, 0.25) is 0 Å². The van der Waals surface area contributed by atoms with Gasteiger partial charge in [0, 0.05) is 20.1 Å². The number of ether oxygens (including phenoxy) is 1. The van der Waals surface area contributed by atoms with Crippen molar-refractivity contribution in [3.63, 3.8) is 0 Å². The van der Waals surface area contributed by atoms with Gasteiger partial charge >= 0.3 is 6.18 Å². The Kier molecular flexibility index (Phi) is 11.8. The fourth-order valence-corrected chi connectivity index (χ4v) is 3.41. The van der Waals surface area contributed by atoms with Gasteiger partial charge in [-0.2, -0.15) is 13.2 Å². The standard InChI is InChI=1S/C22H33F3N4O2.HI/c1-15(2)31-19-10-8-18(9-11-19)28-21(27-14-20(30)29(3)4)26-13-16-6-5-7-17(12-16)22(23,24)25;/h5-7,12,15,18-19H,8-11,13-14H2,1-4H3,(H2,26,27,28);1H. The van der Waals surface area contributed by atoms with Crippen molar-refractivity contribution in [1.29, 1.82) is 0 Å². The number of benzene rings is 1. The first-order valence-corrected chi connectivity index (χ1v) is 10.6. The molecule has 1 saturated carbocycles. The van der Waals surface area contributed by atoms with Crippen LogP contribution >= 0.6 is 24.0 Å². The number of alkyl halides is 3. The van der Waals surface area contributed by atoms with E-state index in [9.17, 15) is 18.0 Å². The van der Waals surface area contributed by atoms with E-state index in [1.54, 1.807) is 20.2 Å². The molecule has 0 unspecified atom stereocenters. The summed E-state index contributed by atoms with van der Waals surface area (Å²) in [5.74, 6) is 0.295. The zero-order valence-corrected chi connectivity index (χ0v) is 21.4. The zero-order valence-electron chi connectivity index (χ0n) is 19.0. The average molecular weight is 570 g/mol. The van der Waals surface area contributed by atoms with Crippen molar-refractivity contribution in [2.24, 2.45) is 4.99 Å². The molecule has 0 bridgehead atoms. The van der Waals surface area contributed by atoms with Gasteiger partial charge in [0.25, 0.3) is 0 Å². The smallest absolute Gasteiger partial charge is 0.376 e. The van der Waals surface area contributed by atoms with Crippen molar-refractivity contribution in [2.45, 2.75) is 70.5 Å². The van der Waals surface area contributed by atoms with Crippen molar-refractivity contribution in [3.05, 3.63) is 35.4 Å². The number of likely N-dealkylation sites (N-methyl/N-ethyl adjacent to an activating group) is 1. The van der Waals surface area contributed by atoms with Gasteiger partial charge in [-0.25, -0.2) is 4.99 Å². The molecule has 1 aliphatic rings. The van der Waals surface area contributed by atoms with E-state index < -0.39 is 11.7 Å². The first kappa shape index (κ1) is 28.5. The van der Waals surface area contributed by atoms with E-state index in [1.807, 2.05) is 13.8 Å². The van der Waals surface area contributed by atoms with E-state index in [2.05, 4.69) is 15.6 Å². The van der Waals surface area contributed by atoms with Crippen LogP contribution in [-0.4, -0.2) is 55.7 Å². The lowest BCUT2D eigenvalue weighted by molar-refractivity contribution is -0.137. The van der Waals surface area contributed by atoms with Crippen molar-refractivity contribution in [1.82, 2.24) is 15.5 Å². The van der Waals surface area contributed by atoms with E-state index in [1.165, 1.54) is 11.0 Å². The predicted octanol–water partition coefficient (Wildman–Crippen LogP) is 4.18. The number of halogens is 4. The molecule has 2 rings (SSSR count). The first-order valence-electron chi connectivity index (χ1n) is 10.6. The van der Waals surface area contributed by atoms with Crippen molar-refractivity contribution in [3.8, 4) is 0 Å². The van der Waals surface area contributed by atoms with Gasteiger partial charge in [0.2, 0.25) is 5.91 Å². The number of aliphatic imine (C=N–C) groups is 1. The van der Waals surface area contributed by atoms with Gasteiger partial charge in [0.15, 0.2) is 5.96 Å². The van der Waals surface area contributed by atoms with E-state index in [-0.39, 0.29) is 61.2 Å². The Morgan fingerprint density at radius 2 is 1.88 bits per heavy atom. The SMILES string of the molecule is CC(C)OC1CCC(NC(=NCc2cccc(C(F)(F)F)c2)NCC(=O)N(C)C)CC1.I. The van der Waals surface area contributed by atoms with E-state index in [0.717, 1.165) is 37.8 Å². The summed E-state index contributed by atoms with van der Waals surface area (Å²) in [5, 5.41) is 6.33. The fourth-order valence-electron chi connectivity index (χ4n) is 3.41. The Morgan fingerprint density at radius 1 is 1.22 bits per heavy atom. The second-order valence-electron chi connectivity index (χ2n) is 8.31. The van der Waals surface area contributed by atoms with Crippen LogP contribution < -0.4 is 10.6 Å². The number of amides is 1. The molecule has 1 aromatic carbocycles. The molecule has 32 heavy (non-hydrogen) atoms. The number of guanidine groups is 1. The van der Waals surface area contributed by atoms with E-state index in [0.29, 0.717) is 11.5 Å². The Balaban J connectivity index is 0.00000512. The second kappa shape index (κ2) is 13.2.